The monoisotopic (exact) mass is 919 g/mol. The number of aliphatic hydroxyl groups is 12. The van der Waals surface area contributed by atoms with Crippen molar-refractivity contribution in [3.63, 3.8) is 0 Å². The van der Waals surface area contributed by atoms with Crippen LogP contribution in [-0.4, -0.2) is 191 Å². The average molecular weight is 919 g/mol. The lowest BCUT2D eigenvalue weighted by Gasteiger charge is -2.65. The standard InChI is InChI=1S/C46H78O18/c1-20(8-9-27(51)42(4,5)58)29-21(48)15-44(7)26-14-24(61-39-35(57)33(55)32(54)25(16-47)62-39)37-41(2,3)28(10-11-46(37)19-45(26,46)13-12-43(29,44)6)63-40-36(31(53)23(50)18-60-40)64-38-34(56)30(52)22(49)17-59-38/h20-40,47-58H,8-19H2,1-7H3/t20-,21+,22+,23-,24+,25-,26?,27+,28+,29+,30+,31+,32-,33+,34-,35-,36-,37?,38+,39-,40+,43-,44+,45+,46-/m1/s1. The first kappa shape index (κ1) is 49.7. The molecule has 0 aromatic rings. The maximum absolute atomic E-state index is 12.1. The molecule has 0 amide bonds. The zero-order chi connectivity index (χ0) is 46.9. The van der Waals surface area contributed by atoms with Crippen LogP contribution < -0.4 is 0 Å². The molecule has 3 saturated heterocycles. The van der Waals surface area contributed by atoms with Gasteiger partial charge >= 0.3 is 0 Å². The third kappa shape index (κ3) is 7.68. The predicted molar refractivity (Wildman–Crippen MR) is 222 cm³/mol. The molecule has 12 N–H and O–H groups in total. The maximum atomic E-state index is 12.1. The molecule has 2 spiro atoms. The molecule has 25 atom stereocenters. The fourth-order valence-corrected chi connectivity index (χ4v) is 15.4. The Kier molecular flexibility index (Phi) is 13.4. The minimum absolute atomic E-state index is 0.0455. The van der Waals surface area contributed by atoms with Crippen LogP contribution in [0.25, 0.3) is 0 Å². The van der Waals surface area contributed by atoms with Crippen molar-refractivity contribution in [1.82, 2.24) is 0 Å². The number of hydrogen-bond donors (Lipinski definition) is 12. The van der Waals surface area contributed by atoms with Crippen LogP contribution in [0.5, 0.6) is 0 Å². The molecule has 3 aliphatic heterocycles. The highest BCUT2D eigenvalue weighted by atomic mass is 16.8. The van der Waals surface area contributed by atoms with Gasteiger partial charge < -0.3 is 89.7 Å². The smallest absolute Gasteiger partial charge is 0.186 e. The molecule has 18 nitrogen and oxygen atoms in total. The molecule has 5 aliphatic carbocycles. The largest absolute Gasteiger partial charge is 0.394 e. The summed E-state index contributed by atoms with van der Waals surface area (Å²) in [5.41, 5.74) is -3.06. The van der Waals surface area contributed by atoms with Gasteiger partial charge in [-0.25, -0.2) is 0 Å². The number of aliphatic hydroxyl groups excluding tert-OH is 11. The molecule has 64 heavy (non-hydrogen) atoms. The van der Waals surface area contributed by atoms with E-state index in [9.17, 15) is 61.3 Å². The summed E-state index contributed by atoms with van der Waals surface area (Å²) in [6.07, 6.45) is -15.7. The van der Waals surface area contributed by atoms with E-state index < -0.39 is 122 Å². The second kappa shape index (κ2) is 17.3. The summed E-state index contributed by atoms with van der Waals surface area (Å²) in [6, 6.07) is 0. The predicted octanol–water partition coefficient (Wildman–Crippen LogP) is -0.973. The average Bonchev–Trinajstić information content (AvgIpc) is 3.82. The quantitative estimate of drug-likeness (QED) is 0.105. The van der Waals surface area contributed by atoms with Crippen LogP contribution in [0.4, 0.5) is 0 Å². The Bertz CT molecular complexity index is 1650. The zero-order valence-electron chi connectivity index (χ0n) is 38.4. The molecule has 8 aliphatic rings. The van der Waals surface area contributed by atoms with Crippen LogP contribution >= 0.6 is 0 Å². The van der Waals surface area contributed by atoms with E-state index in [0.717, 1.165) is 19.3 Å². The van der Waals surface area contributed by atoms with Crippen molar-refractivity contribution >= 4 is 0 Å². The van der Waals surface area contributed by atoms with Gasteiger partial charge in [-0.15, -0.1) is 0 Å². The molecule has 0 radical (unpaired) electrons. The molecule has 370 valence electrons. The first-order valence-electron chi connectivity index (χ1n) is 23.8. The van der Waals surface area contributed by atoms with E-state index in [1.807, 2.05) is 0 Å². The highest BCUT2D eigenvalue weighted by Gasteiger charge is 2.85. The van der Waals surface area contributed by atoms with Gasteiger partial charge in [0.15, 0.2) is 18.9 Å². The highest BCUT2D eigenvalue weighted by Crippen LogP contribution is 2.89. The lowest BCUT2D eigenvalue weighted by atomic mass is 9.41. The molecule has 18 heteroatoms. The van der Waals surface area contributed by atoms with E-state index >= 15 is 0 Å². The van der Waals surface area contributed by atoms with Crippen molar-refractivity contribution in [1.29, 1.82) is 0 Å². The summed E-state index contributed by atoms with van der Waals surface area (Å²) < 4.78 is 37.3. The molecule has 8 fully saturated rings. The lowest BCUT2D eigenvalue weighted by Crippen LogP contribution is -2.65. The van der Waals surface area contributed by atoms with Crippen LogP contribution in [-0.2, 0) is 28.4 Å². The van der Waals surface area contributed by atoms with Gasteiger partial charge in [0.05, 0.1) is 49.8 Å². The molecular formula is C46H78O18. The maximum Gasteiger partial charge on any atom is 0.186 e. The van der Waals surface area contributed by atoms with Crippen LogP contribution in [0.3, 0.4) is 0 Å². The Morgan fingerprint density at radius 3 is 1.98 bits per heavy atom. The molecular weight excluding hydrogens is 840 g/mol. The van der Waals surface area contributed by atoms with E-state index in [4.69, 9.17) is 28.4 Å². The van der Waals surface area contributed by atoms with Crippen LogP contribution in [0, 0.1) is 50.7 Å². The van der Waals surface area contributed by atoms with Gasteiger partial charge in [0.1, 0.15) is 61.0 Å². The summed E-state index contributed by atoms with van der Waals surface area (Å²) >= 11 is 0. The van der Waals surface area contributed by atoms with E-state index in [1.54, 1.807) is 13.8 Å². The van der Waals surface area contributed by atoms with Crippen molar-refractivity contribution in [3.05, 3.63) is 0 Å². The van der Waals surface area contributed by atoms with Crippen molar-refractivity contribution in [2.45, 2.75) is 216 Å². The van der Waals surface area contributed by atoms with Crippen molar-refractivity contribution in [3.8, 4) is 0 Å². The van der Waals surface area contributed by atoms with Crippen LogP contribution in [0.15, 0.2) is 0 Å². The SMILES string of the molecule is C[C@H](CC[C@H](O)C(C)(C)O)[C@H]1[C@@H](O)C[C@@]2(C)C3C[C@H](O[C@@H]4O[C@H](CO)[C@@H](O)[C@H](O)[C@H]4O)C4C(C)(C)[C@@H](O[C@@H]5OC[C@@H](O)[C@H](O)[C@H]5O[C@@H]5OC[C@H](O)[C@H](O)[C@H]5O)CC[C@@]45C[C@@]35CC[C@]12C. The number of hydrogen-bond acceptors (Lipinski definition) is 18. The van der Waals surface area contributed by atoms with E-state index in [0.29, 0.717) is 38.5 Å². The lowest BCUT2D eigenvalue weighted by molar-refractivity contribution is -0.360. The molecule has 8 rings (SSSR count). The first-order chi connectivity index (χ1) is 29.8. The topological polar surface area (TPSA) is 298 Å². The van der Waals surface area contributed by atoms with Crippen molar-refractivity contribution in [2.24, 2.45) is 50.7 Å². The van der Waals surface area contributed by atoms with Gasteiger partial charge in [0.2, 0.25) is 0 Å². The summed E-state index contributed by atoms with van der Waals surface area (Å²) in [6.45, 7) is 12.9. The van der Waals surface area contributed by atoms with Crippen molar-refractivity contribution in [2.75, 3.05) is 19.8 Å². The van der Waals surface area contributed by atoms with Gasteiger partial charge in [0.25, 0.3) is 0 Å². The second-order valence-corrected chi connectivity index (χ2v) is 23.1. The van der Waals surface area contributed by atoms with Gasteiger partial charge in [-0.1, -0.05) is 34.6 Å². The third-order valence-corrected chi connectivity index (χ3v) is 19.0. The minimum atomic E-state index is -1.67. The first-order valence-corrected chi connectivity index (χ1v) is 23.8. The summed E-state index contributed by atoms with van der Waals surface area (Å²) in [7, 11) is 0. The number of rotatable bonds is 12. The number of ether oxygens (including phenoxy) is 6. The Morgan fingerprint density at radius 2 is 1.33 bits per heavy atom. The molecule has 2 unspecified atom stereocenters. The fourth-order valence-electron chi connectivity index (χ4n) is 15.4. The Labute approximate surface area is 375 Å². The Hall–Kier alpha value is -0.720. The van der Waals surface area contributed by atoms with Crippen LogP contribution in [0.2, 0.25) is 0 Å². The molecule has 3 heterocycles. The zero-order valence-corrected chi connectivity index (χ0v) is 38.4. The number of fused-ring (bicyclic) bond motifs is 2. The fraction of sp³-hybridized carbons (Fsp3) is 1.00. The third-order valence-electron chi connectivity index (χ3n) is 19.0. The molecule has 5 saturated carbocycles. The van der Waals surface area contributed by atoms with Gasteiger partial charge in [-0.3, -0.25) is 0 Å². The minimum Gasteiger partial charge on any atom is -0.394 e. The Morgan fingerprint density at radius 1 is 0.688 bits per heavy atom. The molecule has 0 bridgehead atoms. The van der Waals surface area contributed by atoms with E-state index in [1.165, 1.54) is 0 Å². The van der Waals surface area contributed by atoms with Crippen molar-refractivity contribution < 1.29 is 89.7 Å². The van der Waals surface area contributed by atoms with Crippen LogP contribution in [0.1, 0.15) is 106 Å². The van der Waals surface area contributed by atoms with E-state index in [-0.39, 0.29) is 58.5 Å². The summed E-state index contributed by atoms with van der Waals surface area (Å²) in [5.74, 6) is -0.226. The normalized spacial score (nSPS) is 54.5. The molecule has 0 aromatic carbocycles. The van der Waals surface area contributed by atoms with E-state index in [2.05, 4.69) is 34.6 Å². The van der Waals surface area contributed by atoms with Gasteiger partial charge in [-0.2, -0.15) is 0 Å². The van der Waals surface area contributed by atoms with Gasteiger partial charge in [0, 0.05) is 0 Å². The second-order valence-electron chi connectivity index (χ2n) is 23.1. The molecule has 0 aromatic heterocycles. The Balaban J connectivity index is 1.10. The highest BCUT2D eigenvalue weighted by molar-refractivity contribution is 5.33. The van der Waals surface area contributed by atoms with Gasteiger partial charge in [-0.05, 0) is 122 Å². The summed E-state index contributed by atoms with van der Waals surface area (Å²) in [4.78, 5) is 0. The summed E-state index contributed by atoms with van der Waals surface area (Å²) in [5, 5.41) is 129.